The van der Waals surface area contributed by atoms with Crippen molar-refractivity contribution in [2.24, 2.45) is 5.92 Å². The quantitative estimate of drug-likeness (QED) is 0.806. The maximum absolute atomic E-state index is 12.6. The Bertz CT molecular complexity index is 724. The summed E-state index contributed by atoms with van der Waals surface area (Å²) in [7, 11) is 0. The molecule has 2 aromatic heterocycles. The number of hydrogen-bond donors (Lipinski definition) is 0. The van der Waals surface area contributed by atoms with Gasteiger partial charge in [0.2, 0.25) is 11.7 Å². The van der Waals surface area contributed by atoms with E-state index in [-0.39, 0.29) is 17.6 Å². The minimum absolute atomic E-state index is 0.153. The van der Waals surface area contributed by atoms with Crippen molar-refractivity contribution < 1.29 is 18.6 Å². The van der Waals surface area contributed by atoms with E-state index >= 15 is 0 Å². The first-order valence-electron chi connectivity index (χ1n) is 7.19. The molecule has 22 heavy (non-hydrogen) atoms. The highest BCUT2D eigenvalue weighted by atomic mass is 16.5. The van der Waals surface area contributed by atoms with Crippen LogP contribution in [0.2, 0.25) is 0 Å². The van der Waals surface area contributed by atoms with Crippen molar-refractivity contribution >= 4 is 5.91 Å². The van der Waals surface area contributed by atoms with Crippen molar-refractivity contribution in [1.82, 2.24) is 20.2 Å². The van der Waals surface area contributed by atoms with E-state index in [0.717, 1.165) is 0 Å². The largest absolute Gasteiger partial charge is 0.380 e. The number of ether oxygens (including phenoxy) is 1. The topological polar surface area (TPSA) is 94.5 Å². The molecule has 0 saturated carbocycles. The van der Waals surface area contributed by atoms with E-state index in [0.29, 0.717) is 43.7 Å². The van der Waals surface area contributed by atoms with E-state index in [2.05, 4.69) is 15.3 Å². The molecule has 0 spiro atoms. The van der Waals surface area contributed by atoms with Crippen LogP contribution in [0.4, 0.5) is 0 Å². The van der Waals surface area contributed by atoms with E-state index in [1.54, 1.807) is 24.8 Å². The van der Waals surface area contributed by atoms with E-state index in [1.807, 2.05) is 0 Å². The van der Waals surface area contributed by atoms with Crippen molar-refractivity contribution in [2.45, 2.75) is 19.3 Å². The first-order chi connectivity index (χ1) is 10.6. The second kappa shape index (κ2) is 4.64. The number of nitrogens with zero attached hydrogens (tertiary/aromatic N) is 4. The number of aromatic nitrogens is 3. The van der Waals surface area contributed by atoms with Crippen molar-refractivity contribution in [3.63, 3.8) is 0 Å². The van der Waals surface area contributed by atoms with Crippen LogP contribution in [0.25, 0.3) is 0 Å². The Balaban J connectivity index is 1.63. The summed E-state index contributed by atoms with van der Waals surface area (Å²) in [6, 6.07) is 1.65. The van der Waals surface area contributed by atoms with Gasteiger partial charge in [-0.05, 0) is 13.8 Å². The summed E-state index contributed by atoms with van der Waals surface area (Å²) < 4.78 is 16.1. The Morgan fingerprint density at radius 2 is 2.23 bits per heavy atom. The lowest BCUT2D eigenvalue weighted by atomic mass is 9.81. The summed E-state index contributed by atoms with van der Waals surface area (Å²) >= 11 is 0. The zero-order chi connectivity index (χ0) is 15.3. The van der Waals surface area contributed by atoms with Crippen molar-refractivity contribution in [1.29, 1.82) is 0 Å². The third kappa shape index (κ3) is 1.87. The Kier molecular flexibility index (Phi) is 2.83. The van der Waals surface area contributed by atoms with Crippen LogP contribution in [0.5, 0.6) is 0 Å². The average Bonchev–Trinajstić information content (AvgIpc) is 3.19. The molecule has 0 aromatic carbocycles. The molecule has 1 amide bonds. The monoisotopic (exact) mass is 304 g/mol. The molecular formula is C14H16N4O4. The van der Waals surface area contributed by atoms with Crippen LogP contribution in [-0.2, 0) is 10.2 Å². The number of hydrogen-bond acceptors (Lipinski definition) is 7. The molecule has 116 valence electrons. The normalized spacial score (nSPS) is 27.4. The third-order valence-corrected chi connectivity index (χ3v) is 4.45. The summed E-state index contributed by atoms with van der Waals surface area (Å²) in [6.07, 6.45) is 0. The van der Waals surface area contributed by atoms with Gasteiger partial charge >= 0.3 is 0 Å². The van der Waals surface area contributed by atoms with Gasteiger partial charge in [0.1, 0.15) is 0 Å². The van der Waals surface area contributed by atoms with Crippen molar-refractivity contribution in [3.8, 4) is 0 Å². The summed E-state index contributed by atoms with van der Waals surface area (Å²) in [5, 5.41) is 7.65. The fourth-order valence-corrected chi connectivity index (χ4v) is 3.31. The van der Waals surface area contributed by atoms with Crippen molar-refractivity contribution in [3.05, 3.63) is 29.2 Å². The first kappa shape index (κ1) is 13.4. The van der Waals surface area contributed by atoms with Crippen LogP contribution in [0, 0.1) is 19.8 Å². The summed E-state index contributed by atoms with van der Waals surface area (Å²) in [4.78, 5) is 18.7. The lowest BCUT2D eigenvalue weighted by Crippen LogP contribution is -2.37. The Labute approximate surface area is 126 Å². The fraction of sp³-hybridized carbons (Fsp3) is 0.571. The molecule has 8 nitrogen and oxygen atoms in total. The third-order valence-electron chi connectivity index (χ3n) is 4.45. The Morgan fingerprint density at radius 3 is 2.91 bits per heavy atom. The Morgan fingerprint density at radius 1 is 1.36 bits per heavy atom. The van der Waals surface area contributed by atoms with Gasteiger partial charge in [0.25, 0.3) is 5.91 Å². The van der Waals surface area contributed by atoms with Crippen LogP contribution in [0.3, 0.4) is 0 Å². The van der Waals surface area contributed by atoms with Crippen LogP contribution in [-0.4, -0.2) is 52.4 Å². The SMILES string of the molecule is Cc1cc(C(=O)N2C[C@@H]3COC[C@]3(c3nc(C)no3)C2)on1. The van der Waals surface area contributed by atoms with Gasteiger partial charge in [-0.2, -0.15) is 4.98 Å². The molecule has 0 radical (unpaired) electrons. The highest BCUT2D eigenvalue weighted by Gasteiger charge is 2.56. The summed E-state index contributed by atoms with van der Waals surface area (Å²) in [5.41, 5.74) is 0.278. The van der Waals surface area contributed by atoms with Crippen LogP contribution >= 0.6 is 0 Å². The van der Waals surface area contributed by atoms with Gasteiger partial charge < -0.3 is 18.7 Å². The molecule has 4 heterocycles. The van der Waals surface area contributed by atoms with E-state index in [9.17, 15) is 4.79 Å². The maximum atomic E-state index is 12.6. The number of aryl methyl sites for hydroxylation is 2. The molecule has 0 unspecified atom stereocenters. The average molecular weight is 304 g/mol. The Hall–Kier alpha value is -2.22. The van der Waals surface area contributed by atoms with Crippen LogP contribution < -0.4 is 0 Å². The molecule has 2 saturated heterocycles. The first-order valence-corrected chi connectivity index (χ1v) is 7.19. The summed E-state index contributed by atoms with van der Waals surface area (Å²) in [6.45, 7) is 5.70. The van der Waals surface area contributed by atoms with Crippen LogP contribution in [0.15, 0.2) is 15.1 Å². The van der Waals surface area contributed by atoms with Gasteiger partial charge in [-0.3, -0.25) is 4.79 Å². The smallest absolute Gasteiger partial charge is 0.292 e. The predicted octanol–water partition coefficient (Wildman–Crippen LogP) is 0.715. The molecule has 0 aliphatic carbocycles. The maximum Gasteiger partial charge on any atom is 0.292 e. The molecule has 2 aliphatic rings. The zero-order valence-electron chi connectivity index (χ0n) is 12.4. The minimum Gasteiger partial charge on any atom is -0.380 e. The number of rotatable bonds is 2. The van der Waals surface area contributed by atoms with Gasteiger partial charge in [-0.15, -0.1) is 0 Å². The van der Waals surface area contributed by atoms with Gasteiger partial charge in [-0.25, -0.2) is 0 Å². The molecule has 2 aromatic rings. The highest BCUT2D eigenvalue weighted by Crippen LogP contribution is 2.43. The number of fused-ring (bicyclic) bond motifs is 1. The van der Waals surface area contributed by atoms with E-state index in [4.69, 9.17) is 13.8 Å². The van der Waals surface area contributed by atoms with E-state index < -0.39 is 5.41 Å². The number of carbonyl (C=O) groups is 1. The van der Waals surface area contributed by atoms with Gasteiger partial charge in [0, 0.05) is 25.1 Å². The van der Waals surface area contributed by atoms with Gasteiger partial charge in [-0.1, -0.05) is 10.3 Å². The lowest BCUT2D eigenvalue weighted by molar-refractivity contribution is 0.0696. The van der Waals surface area contributed by atoms with Gasteiger partial charge in [0.15, 0.2) is 5.82 Å². The molecule has 2 aliphatic heterocycles. The molecule has 2 fully saturated rings. The minimum atomic E-state index is -0.411. The number of likely N-dealkylation sites (tertiary alicyclic amines) is 1. The molecule has 8 heteroatoms. The van der Waals surface area contributed by atoms with Crippen molar-refractivity contribution in [2.75, 3.05) is 26.3 Å². The second-order valence-corrected chi connectivity index (χ2v) is 6.03. The lowest BCUT2D eigenvalue weighted by Gasteiger charge is -2.22. The molecule has 4 rings (SSSR count). The number of carbonyl (C=O) groups excluding carboxylic acids is 1. The summed E-state index contributed by atoms with van der Waals surface area (Å²) in [5.74, 6) is 1.39. The highest BCUT2D eigenvalue weighted by molar-refractivity contribution is 5.91. The fourth-order valence-electron chi connectivity index (χ4n) is 3.31. The van der Waals surface area contributed by atoms with E-state index in [1.165, 1.54) is 0 Å². The molecule has 0 N–H and O–H groups in total. The second-order valence-electron chi connectivity index (χ2n) is 6.03. The number of amides is 1. The zero-order valence-corrected chi connectivity index (χ0v) is 12.4. The molecule has 0 bridgehead atoms. The standard InChI is InChI=1S/C14H16N4O4/c1-8-3-11(21-16-8)12(19)18-4-10-5-20-7-14(10,6-18)13-15-9(2)17-22-13/h3,10H,4-7H2,1-2H3/t10-,14-/m1/s1. The predicted molar refractivity (Wildman–Crippen MR) is 72.2 cm³/mol. The molecular weight excluding hydrogens is 288 g/mol. The molecule has 2 atom stereocenters. The van der Waals surface area contributed by atoms with Crippen LogP contribution in [0.1, 0.15) is 28.0 Å². The van der Waals surface area contributed by atoms with Gasteiger partial charge in [0.05, 0.1) is 24.3 Å².